The van der Waals surface area contributed by atoms with Gasteiger partial charge in [-0.2, -0.15) is 5.10 Å². The summed E-state index contributed by atoms with van der Waals surface area (Å²) in [5.41, 5.74) is -1.82. The number of carboxylic acids is 2. The molecule has 1 heterocycles. The van der Waals surface area contributed by atoms with Gasteiger partial charge in [0.1, 0.15) is 5.56 Å². The molecule has 0 radical (unpaired) electrons. The van der Waals surface area contributed by atoms with E-state index in [1.54, 1.807) is 37.3 Å². The summed E-state index contributed by atoms with van der Waals surface area (Å²) in [4.78, 5) is 34.4. The molecule has 0 aliphatic rings. The van der Waals surface area contributed by atoms with Gasteiger partial charge in [-0.3, -0.25) is 4.79 Å². The lowest BCUT2D eigenvalue weighted by Crippen LogP contribution is -2.30. The number of hydrogen-bond acceptors (Lipinski definition) is 4. The van der Waals surface area contributed by atoms with Gasteiger partial charge in [0, 0.05) is 0 Å². The molecule has 0 amide bonds. The second-order valence-electron chi connectivity index (χ2n) is 4.21. The van der Waals surface area contributed by atoms with E-state index in [9.17, 15) is 19.5 Å². The topological polar surface area (TPSA) is 109 Å². The summed E-state index contributed by atoms with van der Waals surface area (Å²) in [6.07, 6.45) is 0.221. The van der Waals surface area contributed by atoms with Crippen molar-refractivity contribution in [3.63, 3.8) is 0 Å². The Morgan fingerprint density at radius 3 is 2.24 bits per heavy atom. The SMILES string of the molecule is CCc1c(C(=O)O)c(=O)c(C(=O)O)nn1-c1ccccc1. The highest BCUT2D eigenvalue weighted by Crippen LogP contribution is 2.13. The summed E-state index contributed by atoms with van der Waals surface area (Å²) in [5, 5.41) is 22.1. The first kappa shape index (κ1) is 14.4. The molecule has 21 heavy (non-hydrogen) atoms. The van der Waals surface area contributed by atoms with Crippen LogP contribution >= 0.6 is 0 Å². The van der Waals surface area contributed by atoms with Crippen molar-refractivity contribution in [2.75, 3.05) is 0 Å². The lowest BCUT2D eigenvalue weighted by Gasteiger charge is -2.14. The number of nitrogens with zero attached hydrogens (tertiary/aromatic N) is 2. The summed E-state index contributed by atoms with van der Waals surface area (Å²) < 4.78 is 1.19. The Labute approximate surface area is 119 Å². The molecule has 2 rings (SSSR count). The van der Waals surface area contributed by atoms with E-state index in [1.165, 1.54) is 4.68 Å². The van der Waals surface area contributed by atoms with Crippen molar-refractivity contribution in [1.82, 2.24) is 9.78 Å². The van der Waals surface area contributed by atoms with Gasteiger partial charge in [0.2, 0.25) is 11.1 Å². The van der Waals surface area contributed by atoms with Crippen LogP contribution in [-0.2, 0) is 6.42 Å². The fourth-order valence-electron chi connectivity index (χ4n) is 2.03. The minimum Gasteiger partial charge on any atom is -0.477 e. The molecule has 0 atom stereocenters. The predicted octanol–water partition coefficient (Wildman–Crippen LogP) is 1.19. The highest BCUT2D eigenvalue weighted by atomic mass is 16.4. The van der Waals surface area contributed by atoms with E-state index < -0.39 is 28.6 Å². The first-order chi connectivity index (χ1) is 9.97. The summed E-state index contributed by atoms with van der Waals surface area (Å²) >= 11 is 0. The molecule has 108 valence electrons. The number of aromatic carboxylic acids is 2. The molecule has 2 N–H and O–H groups in total. The fraction of sp³-hybridized carbons (Fsp3) is 0.143. The van der Waals surface area contributed by atoms with Gasteiger partial charge >= 0.3 is 11.9 Å². The van der Waals surface area contributed by atoms with E-state index >= 15 is 0 Å². The maximum Gasteiger partial charge on any atom is 0.360 e. The molecule has 2 aromatic rings. The van der Waals surface area contributed by atoms with Crippen molar-refractivity contribution in [3.8, 4) is 5.69 Å². The third kappa shape index (κ3) is 2.53. The summed E-state index contributed by atoms with van der Waals surface area (Å²) in [6, 6.07) is 8.46. The third-order valence-corrected chi connectivity index (χ3v) is 2.94. The first-order valence-electron chi connectivity index (χ1n) is 6.15. The van der Waals surface area contributed by atoms with Gasteiger partial charge in [-0.05, 0) is 18.6 Å². The van der Waals surface area contributed by atoms with Crippen LogP contribution in [-0.4, -0.2) is 31.9 Å². The third-order valence-electron chi connectivity index (χ3n) is 2.94. The molecule has 0 spiro atoms. The van der Waals surface area contributed by atoms with Gasteiger partial charge in [-0.25, -0.2) is 14.3 Å². The number of aromatic nitrogens is 2. The highest BCUT2D eigenvalue weighted by molar-refractivity contribution is 5.93. The number of carboxylic acid groups (broad SMARTS) is 2. The Kier molecular flexibility index (Phi) is 3.84. The van der Waals surface area contributed by atoms with Crippen LogP contribution in [0.2, 0.25) is 0 Å². The average Bonchev–Trinajstić information content (AvgIpc) is 2.46. The molecular weight excluding hydrogens is 276 g/mol. The van der Waals surface area contributed by atoms with E-state index in [2.05, 4.69) is 5.10 Å². The number of rotatable bonds is 4. The number of para-hydroxylation sites is 1. The van der Waals surface area contributed by atoms with Gasteiger partial charge in [0.05, 0.1) is 11.4 Å². The summed E-state index contributed by atoms with van der Waals surface area (Å²) in [7, 11) is 0. The zero-order valence-corrected chi connectivity index (χ0v) is 11.1. The maximum absolute atomic E-state index is 12.0. The van der Waals surface area contributed by atoms with Crippen molar-refractivity contribution in [2.45, 2.75) is 13.3 Å². The van der Waals surface area contributed by atoms with Crippen molar-refractivity contribution in [1.29, 1.82) is 0 Å². The Morgan fingerprint density at radius 1 is 1.14 bits per heavy atom. The zero-order valence-electron chi connectivity index (χ0n) is 11.1. The summed E-state index contributed by atoms with van der Waals surface area (Å²) in [5.74, 6) is -3.03. The minimum absolute atomic E-state index is 0.156. The Balaban J connectivity index is 2.91. The minimum atomic E-state index is -1.56. The number of hydrogen-bond donors (Lipinski definition) is 2. The molecule has 7 nitrogen and oxygen atoms in total. The lowest BCUT2D eigenvalue weighted by atomic mass is 10.1. The summed E-state index contributed by atoms with van der Waals surface area (Å²) in [6.45, 7) is 1.67. The molecule has 0 bridgehead atoms. The fourth-order valence-corrected chi connectivity index (χ4v) is 2.03. The van der Waals surface area contributed by atoms with Crippen LogP contribution in [0.15, 0.2) is 35.1 Å². The quantitative estimate of drug-likeness (QED) is 0.874. The Morgan fingerprint density at radius 2 is 1.76 bits per heavy atom. The molecule has 0 fully saturated rings. The van der Waals surface area contributed by atoms with Crippen LogP contribution in [0.3, 0.4) is 0 Å². The normalized spacial score (nSPS) is 10.3. The largest absolute Gasteiger partial charge is 0.477 e. The number of benzene rings is 1. The molecule has 0 aliphatic heterocycles. The van der Waals surface area contributed by atoms with Crippen molar-refractivity contribution < 1.29 is 19.8 Å². The van der Waals surface area contributed by atoms with Gasteiger partial charge in [-0.15, -0.1) is 0 Å². The van der Waals surface area contributed by atoms with Gasteiger partial charge in [-0.1, -0.05) is 25.1 Å². The second kappa shape index (κ2) is 5.58. The van der Waals surface area contributed by atoms with Gasteiger partial charge in [0.25, 0.3) is 0 Å². The highest BCUT2D eigenvalue weighted by Gasteiger charge is 2.25. The van der Waals surface area contributed by atoms with E-state index in [4.69, 9.17) is 5.11 Å². The molecule has 1 aromatic carbocycles. The molecule has 0 saturated heterocycles. The zero-order chi connectivity index (χ0) is 15.6. The van der Waals surface area contributed by atoms with E-state index in [-0.39, 0.29) is 12.1 Å². The Hall–Kier alpha value is -2.96. The van der Waals surface area contributed by atoms with E-state index in [0.717, 1.165) is 0 Å². The van der Waals surface area contributed by atoms with Crippen LogP contribution < -0.4 is 5.43 Å². The van der Waals surface area contributed by atoms with Gasteiger partial charge < -0.3 is 10.2 Å². The molecule has 0 aliphatic carbocycles. The van der Waals surface area contributed by atoms with Crippen molar-refractivity contribution in [3.05, 3.63) is 57.5 Å². The van der Waals surface area contributed by atoms with Gasteiger partial charge in [0.15, 0.2) is 0 Å². The van der Waals surface area contributed by atoms with Crippen LogP contribution in [0.5, 0.6) is 0 Å². The van der Waals surface area contributed by atoms with Crippen LogP contribution in [0.4, 0.5) is 0 Å². The first-order valence-corrected chi connectivity index (χ1v) is 6.15. The molecule has 0 saturated carbocycles. The molecule has 1 aromatic heterocycles. The smallest absolute Gasteiger partial charge is 0.360 e. The average molecular weight is 288 g/mol. The standard InChI is InChI=1S/C14H12N2O5/c1-2-9-10(13(18)19)12(17)11(14(20)21)15-16(9)8-6-4-3-5-7-8/h3-7H,2H2,1H3,(H,18,19)(H,20,21). The van der Waals surface area contributed by atoms with E-state index in [0.29, 0.717) is 5.69 Å². The molecule has 0 unspecified atom stereocenters. The van der Waals surface area contributed by atoms with Crippen LogP contribution in [0.1, 0.15) is 33.5 Å². The monoisotopic (exact) mass is 288 g/mol. The van der Waals surface area contributed by atoms with Crippen molar-refractivity contribution in [2.24, 2.45) is 0 Å². The molecular formula is C14H12N2O5. The second-order valence-corrected chi connectivity index (χ2v) is 4.21. The Bertz CT molecular complexity index is 765. The van der Waals surface area contributed by atoms with Crippen molar-refractivity contribution >= 4 is 11.9 Å². The maximum atomic E-state index is 12.0. The molecule has 7 heteroatoms. The predicted molar refractivity (Wildman–Crippen MR) is 73.1 cm³/mol. The van der Waals surface area contributed by atoms with Crippen LogP contribution in [0, 0.1) is 0 Å². The lowest BCUT2D eigenvalue weighted by molar-refractivity contribution is 0.0685. The van der Waals surface area contributed by atoms with E-state index in [1.807, 2.05) is 0 Å². The number of carbonyl (C=O) groups is 2. The van der Waals surface area contributed by atoms with Crippen LogP contribution in [0.25, 0.3) is 5.69 Å².